The molecule has 0 unspecified atom stereocenters. The zero-order valence-corrected chi connectivity index (χ0v) is 26.5. The molecule has 0 aliphatic carbocycles. The van der Waals surface area contributed by atoms with Crippen molar-refractivity contribution in [2.75, 3.05) is 18.9 Å². The Kier molecular flexibility index (Phi) is 7.91. The van der Waals surface area contributed by atoms with E-state index in [9.17, 15) is 24.1 Å². The van der Waals surface area contributed by atoms with Gasteiger partial charge >= 0.3 is 13.6 Å². The third kappa shape index (κ3) is 5.41. The molecule has 0 aromatic carbocycles. The summed E-state index contributed by atoms with van der Waals surface area (Å²) in [5.41, 5.74) is 6.19. The zero-order chi connectivity index (χ0) is 31.0. The molecule has 236 valence electrons. The Hall–Kier alpha value is -2.00. The molecule has 4 aromatic rings. The predicted molar refractivity (Wildman–Crippen MR) is 160 cm³/mol. The molecule has 3 aliphatic heterocycles. The number of fused-ring (bicyclic) bond motifs is 5. The SMILES string of the molecule is Nc1ncnc2c1ncn2[C@@H]1S[C@@H]2CO[P@@](=O)(S)O[C@@H]3[C@H](O)[C@@H](CO[P@@](=O)(S)O[C@H]2[C@H]1O)O[C@H]3n1ccc(=O)n2ccnc12. The first-order valence-corrected chi connectivity index (χ1v) is 19.2. The lowest BCUT2D eigenvalue weighted by molar-refractivity contribution is -0.0506. The summed E-state index contributed by atoms with van der Waals surface area (Å²) in [5.74, 6) is 0.288. The summed E-state index contributed by atoms with van der Waals surface area (Å²) in [4.78, 5) is 28.8. The van der Waals surface area contributed by atoms with Crippen molar-refractivity contribution in [3.05, 3.63) is 47.7 Å². The number of nitrogens with zero attached hydrogens (tertiary/aromatic N) is 7. The highest BCUT2D eigenvalue weighted by atomic mass is 32.7. The number of aliphatic hydroxyl groups is 2. The Morgan fingerprint density at radius 1 is 0.977 bits per heavy atom. The van der Waals surface area contributed by atoms with E-state index in [4.69, 9.17) is 28.6 Å². The Bertz CT molecular complexity index is 1890. The van der Waals surface area contributed by atoms with E-state index in [0.29, 0.717) is 11.2 Å². The summed E-state index contributed by atoms with van der Waals surface area (Å²) < 4.78 is 59.9. The van der Waals surface area contributed by atoms with Crippen LogP contribution in [0.2, 0.25) is 0 Å². The maximum Gasteiger partial charge on any atom is 0.386 e. The van der Waals surface area contributed by atoms with Crippen molar-refractivity contribution in [2.24, 2.45) is 0 Å². The summed E-state index contributed by atoms with van der Waals surface area (Å²) in [6.07, 6.45) is -0.938. The molecule has 44 heavy (non-hydrogen) atoms. The highest BCUT2D eigenvalue weighted by Crippen LogP contribution is 2.61. The van der Waals surface area contributed by atoms with Gasteiger partial charge in [-0.2, -0.15) is 0 Å². The second-order valence-corrected chi connectivity index (χ2v) is 17.1. The van der Waals surface area contributed by atoms with Crippen LogP contribution in [0, 0.1) is 0 Å². The standard InChI is InChI=1S/C21H24N8O10P2S3/c22-17-12-18(25-7-24-17)29(8-26-12)20-14(32)15-10(44-20)6-36-41(34,43)39-16-13(31)9(5-35-40(33,42)38-15)37-19(16)28-3-1-11(30)27-4-2-23-21(27)28/h1-4,7-10,13-16,19-20,31-32H,5-6H2,(H,33,42)(H,34,43)(H2,22,24,25)/t9-,10-,13-,14-,15-,16-,19-,20-,40-,41-/m1/s1. The molecule has 18 nitrogen and oxygen atoms in total. The molecule has 10 atom stereocenters. The van der Waals surface area contributed by atoms with Crippen LogP contribution in [0.1, 0.15) is 11.6 Å². The van der Waals surface area contributed by atoms with Crippen LogP contribution >= 0.6 is 49.9 Å². The van der Waals surface area contributed by atoms with E-state index in [2.05, 4.69) is 44.4 Å². The fourth-order valence-electron chi connectivity index (χ4n) is 5.32. The van der Waals surface area contributed by atoms with E-state index in [1.807, 2.05) is 0 Å². The number of thiol groups is 2. The number of anilines is 1. The Labute approximate surface area is 261 Å². The number of aromatic nitrogens is 7. The lowest BCUT2D eigenvalue weighted by atomic mass is 10.1. The largest absolute Gasteiger partial charge is 0.387 e. The minimum absolute atomic E-state index is 0.141. The lowest BCUT2D eigenvalue weighted by Gasteiger charge is -2.27. The average Bonchev–Trinajstić information content (AvgIpc) is 3.75. The molecule has 4 aromatic heterocycles. The summed E-state index contributed by atoms with van der Waals surface area (Å²) in [7, 11) is 0. The van der Waals surface area contributed by atoms with Crippen molar-refractivity contribution in [3.8, 4) is 0 Å². The number of ether oxygens (including phenoxy) is 1. The molecule has 7 rings (SSSR count). The number of aliphatic hydroxyl groups excluding tert-OH is 2. The molecule has 3 saturated heterocycles. The first-order chi connectivity index (χ1) is 20.9. The summed E-state index contributed by atoms with van der Waals surface area (Å²) in [6, 6.07) is 1.25. The first kappa shape index (κ1) is 30.6. The molecule has 2 bridgehead atoms. The van der Waals surface area contributed by atoms with Gasteiger partial charge in [0.25, 0.3) is 5.56 Å². The third-order valence-electron chi connectivity index (χ3n) is 7.34. The van der Waals surface area contributed by atoms with E-state index < -0.39 is 67.6 Å². The minimum Gasteiger partial charge on any atom is -0.387 e. The van der Waals surface area contributed by atoms with Gasteiger partial charge in [0.15, 0.2) is 17.7 Å². The number of thioether (sulfide) groups is 1. The van der Waals surface area contributed by atoms with Gasteiger partial charge in [0.2, 0.25) is 5.78 Å². The van der Waals surface area contributed by atoms with Crippen LogP contribution in [-0.4, -0.2) is 92.7 Å². The van der Waals surface area contributed by atoms with Crippen molar-refractivity contribution in [2.45, 2.75) is 47.4 Å². The van der Waals surface area contributed by atoms with Crippen molar-refractivity contribution in [1.29, 1.82) is 0 Å². The van der Waals surface area contributed by atoms with E-state index in [1.54, 1.807) is 4.57 Å². The number of hydrogen-bond acceptors (Lipinski definition) is 16. The van der Waals surface area contributed by atoms with E-state index in [-0.39, 0.29) is 23.8 Å². The molecular formula is C21H24N8O10P2S3. The summed E-state index contributed by atoms with van der Waals surface area (Å²) in [6.45, 7) is -9.37. The topological polar surface area (TPSA) is 230 Å². The maximum atomic E-state index is 13.6. The van der Waals surface area contributed by atoms with E-state index in [0.717, 1.165) is 11.8 Å². The van der Waals surface area contributed by atoms with Crippen molar-refractivity contribution in [3.63, 3.8) is 0 Å². The van der Waals surface area contributed by atoms with Crippen LogP contribution < -0.4 is 11.3 Å². The van der Waals surface area contributed by atoms with Gasteiger partial charge in [0, 0.05) is 24.7 Å². The van der Waals surface area contributed by atoms with Gasteiger partial charge in [0.1, 0.15) is 47.7 Å². The molecule has 23 heteroatoms. The average molecular weight is 707 g/mol. The highest BCUT2D eigenvalue weighted by Gasteiger charge is 2.53. The van der Waals surface area contributed by atoms with Crippen molar-refractivity contribution in [1.82, 2.24) is 33.5 Å². The zero-order valence-electron chi connectivity index (χ0n) is 22.1. The molecule has 7 heterocycles. The van der Waals surface area contributed by atoms with Crippen LogP contribution in [0.5, 0.6) is 0 Å². The Balaban J connectivity index is 1.21. The fourth-order valence-corrected chi connectivity index (χ4v) is 9.95. The minimum atomic E-state index is -4.26. The van der Waals surface area contributed by atoms with Gasteiger partial charge in [-0.25, -0.2) is 29.1 Å². The van der Waals surface area contributed by atoms with Gasteiger partial charge in [-0.15, -0.1) is 11.8 Å². The first-order valence-electron chi connectivity index (χ1n) is 12.9. The number of nitrogen functional groups attached to an aromatic ring is 1. The second kappa shape index (κ2) is 11.4. The molecule has 3 fully saturated rings. The molecule has 0 saturated carbocycles. The van der Waals surface area contributed by atoms with Crippen LogP contribution in [0.15, 0.2) is 42.1 Å². The van der Waals surface area contributed by atoms with E-state index >= 15 is 0 Å². The van der Waals surface area contributed by atoms with Gasteiger partial charge in [-0.3, -0.25) is 36.4 Å². The lowest BCUT2D eigenvalue weighted by Crippen LogP contribution is -2.35. The summed E-state index contributed by atoms with van der Waals surface area (Å²) in [5, 5.41) is 20.9. The predicted octanol–water partition coefficient (Wildman–Crippen LogP) is 1.04. The molecule has 0 radical (unpaired) electrons. The van der Waals surface area contributed by atoms with Gasteiger partial charge < -0.3 is 20.7 Å². The van der Waals surface area contributed by atoms with Crippen LogP contribution in [0.4, 0.5) is 5.82 Å². The van der Waals surface area contributed by atoms with Gasteiger partial charge in [0.05, 0.1) is 24.8 Å². The monoisotopic (exact) mass is 706 g/mol. The second-order valence-electron chi connectivity index (χ2n) is 10.0. The van der Waals surface area contributed by atoms with Gasteiger partial charge in [-0.1, -0.05) is 24.5 Å². The molecule has 3 aliphatic rings. The molecular weight excluding hydrogens is 682 g/mol. The highest BCUT2D eigenvalue weighted by molar-refractivity contribution is 8.44. The Morgan fingerprint density at radius 3 is 2.52 bits per heavy atom. The van der Waals surface area contributed by atoms with Crippen LogP contribution in [0.25, 0.3) is 16.9 Å². The smallest absolute Gasteiger partial charge is 0.386 e. The van der Waals surface area contributed by atoms with Crippen molar-refractivity contribution < 1.29 is 42.2 Å². The van der Waals surface area contributed by atoms with E-state index in [1.165, 1.54) is 46.3 Å². The normalized spacial score (nSPS) is 38.3. The quantitative estimate of drug-likeness (QED) is 0.145. The third-order valence-corrected chi connectivity index (χ3v) is 12.1. The summed E-state index contributed by atoms with van der Waals surface area (Å²) >= 11 is 9.39. The molecule has 4 N–H and O–H groups in total. The van der Waals surface area contributed by atoms with Crippen molar-refractivity contribution >= 4 is 72.6 Å². The molecule has 0 spiro atoms. The number of nitrogens with two attached hydrogens (primary N) is 1. The number of hydrogen-bond donors (Lipinski definition) is 5. The maximum absolute atomic E-state index is 13.6. The van der Waals surface area contributed by atoms with Crippen LogP contribution in [-0.2, 0) is 32.0 Å². The van der Waals surface area contributed by atoms with Crippen LogP contribution in [0.3, 0.4) is 0 Å². The Morgan fingerprint density at radius 2 is 1.73 bits per heavy atom. The number of imidazole rings is 2. The number of rotatable bonds is 2. The molecule has 0 amide bonds. The fraction of sp³-hybridized carbons (Fsp3) is 0.476. The van der Waals surface area contributed by atoms with Gasteiger partial charge in [-0.05, 0) is 0 Å².